The zero-order valence-electron chi connectivity index (χ0n) is 12.9. The zero-order chi connectivity index (χ0) is 20.2. The molecule has 0 aromatic heterocycles. The molecule has 3 fully saturated rings. The lowest BCUT2D eigenvalue weighted by Gasteiger charge is -2.13. The van der Waals surface area contributed by atoms with Crippen molar-refractivity contribution in [2.24, 2.45) is 0 Å². The average Bonchev–Trinajstić information content (AvgIpc) is 3.11. The Kier molecular flexibility index (Phi) is 14.8. The Hall–Kier alpha value is -0.950. The summed E-state index contributed by atoms with van der Waals surface area (Å²) in [6.07, 6.45) is -4.07. The van der Waals surface area contributed by atoms with Crippen molar-refractivity contribution in [3.05, 3.63) is 12.0 Å². The second-order valence-corrected chi connectivity index (χ2v) is 5.14. The van der Waals surface area contributed by atoms with Gasteiger partial charge in [-0.1, -0.05) is 7.43 Å². The van der Waals surface area contributed by atoms with E-state index < -0.39 is 35.4 Å². The van der Waals surface area contributed by atoms with Crippen LogP contribution in [0.5, 0.6) is 0 Å². The number of aldehydes is 1. The van der Waals surface area contributed by atoms with Crippen LogP contribution in [0.3, 0.4) is 0 Å². The quantitative estimate of drug-likeness (QED) is 0.272. The molecule has 3 heterocycles. The van der Waals surface area contributed by atoms with E-state index in [0.29, 0.717) is 0 Å². The van der Waals surface area contributed by atoms with E-state index in [1.807, 2.05) is 0 Å². The Balaban J connectivity index is 0. The predicted octanol–water partition coefficient (Wildman–Crippen LogP) is 3.96. The standard InChI is InChI=1S/C4H5ClF2O2.C4H4F2O2.C2HClF2O.C2H4O.CH4/c5-4(6,7)3-8-1-2-9-3;5-3(6)4-7-1-2-8-4;3-2(4,5)1-6;1-2-3-1;/h3H,1-2H2;1-2H2;1H;1-2H2;1H4. The molecule has 0 unspecified atom stereocenters. The number of hydrogen-bond acceptors (Lipinski definition) is 6. The van der Waals surface area contributed by atoms with Crippen LogP contribution in [0.25, 0.3) is 0 Å². The summed E-state index contributed by atoms with van der Waals surface area (Å²) >= 11 is 8.57. The Labute approximate surface area is 161 Å². The fourth-order valence-corrected chi connectivity index (χ4v) is 1.09. The lowest BCUT2D eigenvalue weighted by atomic mass is 10.7. The molecule has 0 radical (unpaired) electrons. The van der Waals surface area contributed by atoms with Crippen molar-refractivity contribution in [2.45, 2.75) is 24.5 Å². The summed E-state index contributed by atoms with van der Waals surface area (Å²) in [5.74, 6) is -0.620. The third-order valence-electron chi connectivity index (χ3n) is 1.93. The van der Waals surface area contributed by atoms with Gasteiger partial charge in [0.05, 0.1) is 26.4 Å². The molecule has 0 N–H and O–H groups in total. The number of rotatable bonds is 2. The number of hydrogen-bond donors (Lipinski definition) is 0. The van der Waals surface area contributed by atoms with Gasteiger partial charge in [-0.2, -0.15) is 26.3 Å². The first-order valence-electron chi connectivity index (χ1n) is 6.69. The molecule has 0 amide bonds. The van der Waals surface area contributed by atoms with E-state index >= 15 is 0 Å². The molecule has 0 atom stereocenters. The van der Waals surface area contributed by atoms with Crippen LogP contribution in [0.4, 0.5) is 26.3 Å². The van der Waals surface area contributed by atoms with Crippen molar-refractivity contribution >= 4 is 29.5 Å². The Bertz CT molecular complexity index is 421. The van der Waals surface area contributed by atoms with Crippen molar-refractivity contribution in [1.29, 1.82) is 0 Å². The van der Waals surface area contributed by atoms with Crippen LogP contribution in [-0.4, -0.2) is 63.0 Å². The number of halogens is 8. The second-order valence-electron chi connectivity index (χ2n) is 4.13. The van der Waals surface area contributed by atoms with E-state index in [4.69, 9.17) is 4.79 Å². The SMILES string of the molecule is C.C1CO1.FC(F)(Cl)C1OCCO1.FC(F)=C1OCCO1.O=CC(F)(F)Cl. The van der Waals surface area contributed by atoms with Gasteiger partial charge >= 0.3 is 22.8 Å². The largest absolute Gasteiger partial charge is 0.458 e. The Morgan fingerprint density at radius 2 is 1.30 bits per heavy atom. The van der Waals surface area contributed by atoms with E-state index in [9.17, 15) is 26.3 Å². The molecule has 3 saturated heterocycles. The first-order valence-corrected chi connectivity index (χ1v) is 7.44. The second kappa shape index (κ2) is 14.1. The minimum atomic E-state index is -3.67. The summed E-state index contributed by atoms with van der Waals surface area (Å²) in [4.78, 5) is 8.94. The molecule has 27 heavy (non-hydrogen) atoms. The highest BCUT2D eigenvalue weighted by molar-refractivity contribution is 6.28. The molecule has 0 aromatic rings. The predicted molar refractivity (Wildman–Crippen MR) is 82.1 cm³/mol. The molecule has 6 nitrogen and oxygen atoms in total. The first-order chi connectivity index (χ1) is 12.0. The number of carbonyl (C=O) groups excluding carboxylic acids is 1. The molecule has 3 aliphatic rings. The Morgan fingerprint density at radius 3 is 1.44 bits per heavy atom. The van der Waals surface area contributed by atoms with Crippen LogP contribution < -0.4 is 0 Å². The third-order valence-corrected chi connectivity index (χ3v) is 2.20. The van der Waals surface area contributed by atoms with Crippen molar-refractivity contribution < 1.29 is 54.8 Å². The van der Waals surface area contributed by atoms with Gasteiger partial charge in [-0.15, -0.1) is 0 Å². The fourth-order valence-electron chi connectivity index (χ4n) is 0.967. The van der Waals surface area contributed by atoms with E-state index in [0.717, 1.165) is 13.2 Å². The van der Waals surface area contributed by atoms with Gasteiger partial charge in [-0.3, -0.25) is 4.79 Å². The van der Waals surface area contributed by atoms with Gasteiger partial charge in [0.2, 0.25) is 12.6 Å². The van der Waals surface area contributed by atoms with E-state index in [2.05, 4.69) is 46.9 Å². The molecular formula is C13H18Cl2F6O6. The summed E-state index contributed by atoms with van der Waals surface area (Å²) in [6.45, 7) is 2.83. The minimum absolute atomic E-state index is 0. The highest BCUT2D eigenvalue weighted by atomic mass is 35.5. The summed E-state index contributed by atoms with van der Waals surface area (Å²) in [5.41, 5.74) is 0. The van der Waals surface area contributed by atoms with Crippen LogP contribution in [0.15, 0.2) is 12.0 Å². The highest BCUT2D eigenvalue weighted by Crippen LogP contribution is 2.28. The van der Waals surface area contributed by atoms with Gasteiger partial charge in [-0.05, 0) is 23.2 Å². The summed E-state index contributed by atoms with van der Waals surface area (Å²) in [7, 11) is 0. The summed E-state index contributed by atoms with van der Waals surface area (Å²) < 4.78 is 90.3. The maximum atomic E-state index is 11.9. The average molecular weight is 455 g/mol. The molecule has 0 spiro atoms. The first kappa shape index (κ1) is 28.3. The van der Waals surface area contributed by atoms with Crippen molar-refractivity contribution in [3.63, 3.8) is 0 Å². The van der Waals surface area contributed by atoms with Crippen LogP contribution in [-0.2, 0) is 28.5 Å². The monoisotopic (exact) mass is 454 g/mol. The van der Waals surface area contributed by atoms with E-state index in [1.165, 1.54) is 0 Å². The van der Waals surface area contributed by atoms with Gasteiger partial charge in [0, 0.05) is 0 Å². The Morgan fingerprint density at radius 1 is 0.926 bits per heavy atom. The lowest BCUT2D eigenvalue weighted by Crippen LogP contribution is -2.27. The van der Waals surface area contributed by atoms with Gasteiger partial charge in [0.1, 0.15) is 13.2 Å². The van der Waals surface area contributed by atoms with Crippen molar-refractivity contribution in [1.82, 2.24) is 0 Å². The number of carbonyl (C=O) groups is 1. The molecule has 0 aliphatic carbocycles. The van der Waals surface area contributed by atoms with Crippen LogP contribution in [0.1, 0.15) is 7.43 Å². The highest BCUT2D eigenvalue weighted by Gasteiger charge is 2.41. The van der Waals surface area contributed by atoms with E-state index in [1.54, 1.807) is 0 Å². The molecular weight excluding hydrogens is 437 g/mol. The van der Waals surface area contributed by atoms with Gasteiger partial charge in [0.25, 0.3) is 0 Å². The minimum Gasteiger partial charge on any atom is -0.458 e. The smallest absolute Gasteiger partial charge is 0.377 e. The maximum Gasteiger partial charge on any atom is 0.377 e. The fraction of sp³-hybridized carbons (Fsp3) is 0.769. The summed E-state index contributed by atoms with van der Waals surface area (Å²) in [6, 6.07) is 0. The van der Waals surface area contributed by atoms with Crippen molar-refractivity contribution in [2.75, 3.05) is 39.6 Å². The number of epoxide rings is 1. The lowest BCUT2D eigenvalue weighted by molar-refractivity contribution is -0.159. The maximum absolute atomic E-state index is 11.9. The molecule has 14 heteroatoms. The molecule has 162 valence electrons. The molecule has 3 aliphatic heterocycles. The topological polar surface area (TPSA) is 66.5 Å². The van der Waals surface area contributed by atoms with Crippen LogP contribution in [0, 0.1) is 0 Å². The molecule has 3 rings (SSSR count). The molecule has 0 aromatic carbocycles. The van der Waals surface area contributed by atoms with E-state index in [-0.39, 0.29) is 33.9 Å². The van der Waals surface area contributed by atoms with Crippen LogP contribution in [0.2, 0.25) is 0 Å². The van der Waals surface area contributed by atoms with Crippen LogP contribution >= 0.6 is 23.2 Å². The normalized spacial score (nSPS) is 18.0. The van der Waals surface area contributed by atoms with Gasteiger partial charge in [0.15, 0.2) is 0 Å². The number of alkyl halides is 6. The van der Waals surface area contributed by atoms with Gasteiger partial charge in [-0.25, -0.2) is 0 Å². The number of ether oxygens (including phenoxy) is 5. The van der Waals surface area contributed by atoms with Crippen molar-refractivity contribution in [3.8, 4) is 0 Å². The molecule has 0 bridgehead atoms. The summed E-state index contributed by atoms with van der Waals surface area (Å²) in [5, 5.41) is -7.06. The zero-order valence-corrected chi connectivity index (χ0v) is 14.4. The molecule has 0 saturated carbocycles. The van der Waals surface area contributed by atoms with Gasteiger partial charge < -0.3 is 23.7 Å². The third kappa shape index (κ3) is 18.2.